The standard InChI is InChI=1S/C91H127N23O19S2/c1-8-11-23-61-88(131)113-36-19-28-70(113)84(127)104-62(39-53-43-98-59-24-16-14-21-57(53)59)80(123)108-67(46-115)82(125)107-65(40-54-47-135-73-30-17-15-22-58(54)73)87(130)112(7)72(27-13-10-3)90(133)111(6)69(26-12-9-2)83(126)102-60(25-18-35-97-91(94)95)79(122)109-68(78(121)99-45-75(93)118)48-134-49-76(119)101-64(38-52-31-33-56(116)34-32-52)86(129)110(5)51(4)77(120)106-66(42-74(92)117)89(132)114-37-20-29-71(114)85(128)105-63(81(124)103-61)41-55-44-96-50-100-55/h14-17,21-22,24,30-34,43-44,47,50-51,60-72,98,115-116H,8-13,18-20,23,25-29,35-42,45-46,48-49H2,1-7H3,(H2,92,117)(H2,93,118)(H,96,100)(H,99,121)(H,101,119)(H,102,126)(H,103,124)(H,104,127)(H,105,128)(H,106,120)(H,107,125)(H,108,123)(H,109,122)(H4,94,95,97)/t51-,60-,61-,62-,63-,64-,65-,66-,67-,68-,69-,70-,71-,72-/m0/s1. The van der Waals surface area contributed by atoms with Crippen LogP contribution in [0.3, 0.4) is 0 Å². The summed E-state index contributed by atoms with van der Waals surface area (Å²) in [6, 6.07) is -1.02. The first-order valence-electron chi connectivity index (χ1n) is 45.5. The number of fused-ring (bicyclic) bond motifs is 4. The Balaban J connectivity index is 1.10. The summed E-state index contributed by atoms with van der Waals surface area (Å²) in [4.78, 5) is 266. The molecule has 3 saturated heterocycles. The van der Waals surface area contributed by atoms with E-state index in [1.807, 2.05) is 39.0 Å². The van der Waals surface area contributed by atoms with Crippen LogP contribution < -0.4 is 75.7 Å². The number of primary amides is 2. The van der Waals surface area contributed by atoms with Gasteiger partial charge in [-0.15, -0.1) is 23.1 Å². The van der Waals surface area contributed by atoms with Gasteiger partial charge in [0.15, 0.2) is 5.96 Å². The molecule has 22 N–H and O–H groups in total. The Morgan fingerprint density at radius 3 is 1.67 bits per heavy atom. The second-order valence-electron chi connectivity index (χ2n) is 34.2. The Morgan fingerprint density at radius 2 is 1.05 bits per heavy atom. The number of nitrogens with zero attached hydrogens (tertiary/aromatic N) is 6. The number of nitrogens with one attached hydrogen (secondary N) is 14. The Kier molecular flexibility index (Phi) is 40.0. The van der Waals surface area contributed by atoms with E-state index in [2.05, 4.69) is 73.4 Å². The SMILES string of the molecule is CCCC[C@@H]1NC(=O)[C@H](Cc2cnc[nH]2)NC(=O)[C@@H]2CCCN2C(=O)[C@H](CC(N)=O)NC(=O)[C@H](C)N(C)C(=O)[C@H](Cc2ccc(O)cc2)NC(=O)CSC[C@@H](C(=O)NCC(N)=O)NC(=O)[C@H](CCCNC(=N)N)NC(=O)[C@H](CCCC)N(C)C(=O)[C@H](CCCC)N(C)C(=O)[C@H](Cc2csc3ccccc23)NC(=O)[C@H](CO)NC(=O)[C@H](Cc2c[nH]c3ccccc23)NC(=O)[C@@H]2CCCN2C1=O. The third-order valence-electron chi connectivity index (χ3n) is 24.3. The number of amides is 17. The van der Waals surface area contributed by atoms with Gasteiger partial charge in [-0.2, -0.15) is 0 Å². The minimum Gasteiger partial charge on any atom is -0.508 e. The number of likely N-dealkylation sites (N-methyl/N-ethyl adjacent to an activating group) is 3. The number of benzene rings is 3. The first kappa shape index (κ1) is 105. The van der Waals surface area contributed by atoms with Gasteiger partial charge in [0.25, 0.3) is 0 Å². The zero-order valence-electron chi connectivity index (χ0n) is 77.0. The summed E-state index contributed by atoms with van der Waals surface area (Å²) in [5.74, 6) is -16.9. The fourth-order valence-electron chi connectivity index (χ4n) is 16.6. The molecule has 3 aliphatic heterocycles. The molecule has 3 aliphatic rings. The van der Waals surface area contributed by atoms with Gasteiger partial charge in [-0.3, -0.25) is 86.9 Å². The lowest BCUT2D eigenvalue weighted by atomic mass is 10.00. The van der Waals surface area contributed by atoms with Gasteiger partial charge in [0.2, 0.25) is 100 Å². The Morgan fingerprint density at radius 1 is 0.519 bits per heavy atom. The first-order valence-corrected chi connectivity index (χ1v) is 47.6. The highest BCUT2D eigenvalue weighted by Crippen LogP contribution is 2.30. The minimum atomic E-state index is -1.84. The number of H-pyrrole nitrogens is 2. The number of carbonyl (C=O) groups excluding carboxylic acids is 17. The molecule has 3 aromatic carbocycles. The summed E-state index contributed by atoms with van der Waals surface area (Å²) in [6.07, 6.45) is 5.65. The molecule has 9 rings (SSSR count). The molecule has 3 fully saturated rings. The van der Waals surface area contributed by atoms with Crippen LogP contribution in [0, 0.1) is 5.41 Å². The number of thiophene rings is 1. The Bertz CT molecular complexity index is 5190. The number of carbonyl (C=O) groups is 17. The van der Waals surface area contributed by atoms with E-state index in [0.717, 1.165) is 36.5 Å². The third-order valence-corrected chi connectivity index (χ3v) is 26.4. The van der Waals surface area contributed by atoms with Crippen molar-refractivity contribution in [1.29, 1.82) is 5.41 Å². The van der Waals surface area contributed by atoms with Crippen LogP contribution in [0.1, 0.15) is 153 Å². The Labute approximate surface area is 789 Å². The number of rotatable bonds is 27. The van der Waals surface area contributed by atoms with Crippen LogP contribution >= 0.6 is 23.1 Å². The lowest BCUT2D eigenvalue weighted by Gasteiger charge is -2.36. The molecule has 732 valence electrons. The molecular formula is C91H127N23O19S2. The number of thioether (sulfide) groups is 1. The number of imidazole rings is 1. The number of nitrogens with two attached hydrogens (primary N) is 3. The van der Waals surface area contributed by atoms with E-state index in [9.17, 15) is 53.4 Å². The summed E-state index contributed by atoms with van der Waals surface area (Å²) in [5, 5.41) is 61.9. The summed E-state index contributed by atoms with van der Waals surface area (Å²) in [6.45, 7) is 4.96. The van der Waals surface area contributed by atoms with Crippen LogP contribution in [0.4, 0.5) is 0 Å². The Hall–Kier alpha value is -13.3. The van der Waals surface area contributed by atoms with Crippen LogP contribution in [0.2, 0.25) is 0 Å². The van der Waals surface area contributed by atoms with Crippen molar-refractivity contribution < 1.29 is 91.7 Å². The number of unbranched alkanes of at least 4 members (excludes halogenated alkanes) is 3. The predicted octanol–water partition coefficient (Wildman–Crippen LogP) is -1.02. The van der Waals surface area contributed by atoms with Gasteiger partial charge in [0.1, 0.15) is 90.3 Å². The lowest BCUT2D eigenvalue weighted by Crippen LogP contribution is -2.61. The average Bonchev–Trinajstić information content (AvgIpc) is 1.69. The quantitative estimate of drug-likeness (QED) is 0.0167. The fourth-order valence-corrected chi connectivity index (χ4v) is 18.5. The predicted molar refractivity (Wildman–Crippen MR) is 502 cm³/mol. The second kappa shape index (κ2) is 51.3. The number of hydrogen-bond donors (Lipinski definition) is 19. The maximum Gasteiger partial charge on any atom is 0.246 e. The van der Waals surface area contributed by atoms with Gasteiger partial charge in [-0.1, -0.05) is 108 Å². The number of aromatic hydroxyl groups is 1. The maximum absolute atomic E-state index is 15.8. The topological polar surface area (TPSA) is 626 Å². The molecule has 0 aliphatic carbocycles. The molecule has 42 nitrogen and oxygen atoms in total. The molecule has 0 radical (unpaired) electrons. The van der Waals surface area contributed by atoms with E-state index in [1.54, 1.807) is 41.9 Å². The maximum atomic E-state index is 15.8. The number of guanidine groups is 1. The lowest BCUT2D eigenvalue weighted by molar-refractivity contribution is -0.149. The molecule has 0 saturated carbocycles. The van der Waals surface area contributed by atoms with Gasteiger partial charge in [0.05, 0.1) is 31.7 Å². The molecule has 6 heterocycles. The molecule has 135 heavy (non-hydrogen) atoms. The molecule has 3 aromatic heterocycles. The van der Waals surface area contributed by atoms with E-state index in [-0.39, 0.29) is 109 Å². The molecule has 0 bridgehead atoms. The summed E-state index contributed by atoms with van der Waals surface area (Å²) in [7, 11) is 3.95. The van der Waals surface area contributed by atoms with Gasteiger partial charge >= 0.3 is 0 Å². The zero-order chi connectivity index (χ0) is 98.3. The van der Waals surface area contributed by atoms with Crippen LogP contribution in [-0.4, -0.2) is 306 Å². The fraction of sp³-hybridized carbons (Fsp3) is 0.527. The van der Waals surface area contributed by atoms with Crippen LogP contribution in [-0.2, 0) is 107 Å². The number of aliphatic hydroxyl groups excluding tert-OH is 1. The van der Waals surface area contributed by atoms with Crippen molar-refractivity contribution in [2.24, 2.45) is 17.2 Å². The van der Waals surface area contributed by atoms with Gasteiger partial charge in [-0.25, -0.2) is 4.98 Å². The van der Waals surface area contributed by atoms with Crippen molar-refractivity contribution in [2.45, 2.75) is 241 Å². The van der Waals surface area contributed by atoms with Crippen LogP contribution in [0.25, 0.3) is 21.0 Å². The highest BCUT2D eigenvalue weighted by atomic mass is 32.2. The van der Waals surface area contributed by atoms with Gasteiger partial charge in [0, 0.05) is 106 Å². The second-order valence-corrected chi connectivity index (χ2v) is 36.1. The molecule has 17 amide bonds. The number of aliphatic hydroxyl groups is 1. The minimum absolute atomic E-state index is 0.00490. The van der Waals surface area contributed by atoms with Gasteiger partial charge in [-0.05, 0) is 116 Å². The van der Waals surface area contributed by atoms with E-state index < -0.39 is 222 Å². The molecular weight excluding hydrogens is 1780 g/mol. The van der Waals surface area contributed by atoms with Crippen LogP contribution in [0.5, 0.6) is 5.75 Å². The van der Waals surface area contributed by atoms with Crippen molar-refractivity contribution in [3.8, 4) is 5.75 Å². The number of phenols is 1. The highest BCUT2D eigenvalue weighted by Gasteiger charge is 2.46. The number of hydrogen-bond acceptors (Lipinski definition) is 23. The highest BCUT2D eigenvalue weighted by molar-refractivity contribution is 8.00. The monoisotopic (exact) mass is 1910 g/mol. The van der Waals surface area contributed by atoms with Crippen molar-refractivity contribution in [1.82, 2.24) is 97.9 Å². The molecule has 0 spiro atoms. The van der Waals surface area contributed by atoms with Crippen molar-refractivity contribution in [2.75, 3.05) is 65.4 Å². The van der Waals surface area contributed by atoms with E-state index in [1.165, 1.54) is 86.0 Å². The molecule has 6 aromatic rings. The van der Waals surface area contributed by atoms with E-state index in [0.29, 0.717) is 71.8 Å². The van der Waals surface area contributed by atoms with E-state index >= 15 is 38.4 Å². The van der Waals surface area contributed by atoms with Crippen molar-refractivity contribution in [3.63, 3.8) is 0 Å². The zero-order valence-corrected chi connectivity index (χ0v) is 78.6. The molecule has 0 unspecified atom stereocenters. The first-order chi connectivity index (χ1) is 64.5. The van der Waals surface area contributed by atoms with Gasteiger partial charge < -0.3 is 120 Å². The van der Waals surface area contributed by atoms with E-state index in [4.69, 9.17) is 22.6 Å². The third kappa shape index (κ3) is 29.6. The normalized spacial score (nSPS) is 24.2. The summed E-state index contributed by atoms with van der Waals surface area (Å²) >= 11 is 2.13. The molecule has 44 heteroatoms. The number of aromatic amines is 2. The number of phenolic OH excluding ortho intramolecular Hbond substituents is 1. The average molecular weight is 1910 g/mol. The van der Waals surface area contributed by atoms with Crippen molar-refractivity contribution in [3.05, 3.63) is 119 Å². The number of para-hydroxylation sites is 1. The molecule has 14 atom stereocenters. The summed E-state index contributed by atoms with van der Waals surface area (Å²) < 4.78 is 0.826. The largest absolute Gasteiger partial charge is 0.508 e. The van der Waals surface area contributed by atoms with Crippen molar-refractivity contribution >= 4 is 150 Å². The summed E-state index contributed by atoms with van der Waals surface area (Å²) in [5.41, 5.74) is 19.4. The smallest absolute Gasteiger partial charge is 0.246 e. The number of aromatic nitrogens is 3. The van der Waals surface area contributed by atoms with Crippen LogP contribution in [0.15, 0.2) is 96.9 Å².